The number of fused-ring (bicyclic) bond motifs is 1. The van der Waals surface area contributed by atoms with Gasteiger partial charge in [-0.3, -0.25) is 9.59 Å². The number of carboxylic acids is 1. The average molecular weight is 454 g/mol. The number of ketones is 1. The highest BCUT2D eigenvalue weighted by Crippen LogP contribution is 2.33. The molecule has 0 unspecified atom stereocenters. The summed E-state index contributed by atoms with van der Waals surface area (Å²) in [4.78, 5) is 39.6. The Hall–Kier alpha value is -3.61. The second-order valence-corrected chi connectivity index (χ2v) is 7.49. The van der Waals surface area contributed by atoms with Crippen molar-refractivity contribution in [2.24, 2.45) is 0 Å². The molecule has 4 aromatic rings. The second-order valence-electron chi connectivity index (χ2n) is 6.62. The maximum atomic E-state index is 12.9. The van der Waals surface area contributed by atoms with Gasteiger partial charge in [0.25, 0.3) is 5.56 Å². The van der Waals surface area contributed by atoms with E-state index in [1.54, 1.807) is 48.5 Å². The smallest absolute Gasteiger partial charge is 0.345 e. The van der Waals surface area contributed by atoms with Gasteiger partial charge in [-0.25, -0.2) is 4.79 Å². The van der Waals surface area contributed by atoms with Crippen molar-refractivity contribution in [1.29, 1.82) is 0 Å². The van der Waals surface area contributed by atoms with E-state index >= 15 is 0 Å². The standard InChI is InChI=1S/C23H13Cl2NO5/c24-14-7-4-12(5-8-14)20(27)13-6-9-18-17(10-13)21(19(23(29)30)22(28)26-18)31-16-3-1-2-15(25)11-16/h1-11H,(H,26,28)(H,29,30). The average Bonchev–Trinajstić information content (AvgIpc) is 2.73. The van der Waals surface area contributed by atoms with Crippen molar-refractivity contribution in [2.75, 3.05) is 0 Å². The van der Waals surface area contributed by atoms with E-state index in [0.717, 1.165) is 0 Å². The van der Waals surface area contributed by atoms with Crippen LogP contribution in [-0.2, 0) is 0 Å². The van der Waals surface area contributed by atoms with Gasteiger partial charge < -0.3 is 14.8 Å². The van der Waals surface area contributed by atoms with Crippen molar-refractivity contribution in [3.8, 4) is 11.5 Å². The number of carbonyl (C=O) groups is 2. The third kappa shape index (κ3) is 4.17. The molecule has 0 aliphatic carbocycles. The largest absolute Gasteiger partial charge is 0.477 e. The first-order valence-electron chi connectivity index (χ1n) is 9.00. The molecule has 0 amide bonds. The van der Waals surface area contributed by atoms with Crippen LogP contribution >= 0.6 is 23.2 Å². The molecule has 0 radical (unpaired) electrons. The topological polar surface area (TPSA) is 96.5 Å². The summed E-state index contributed by atoms with van der Waals surface area (Å²) in [6.07, 6.45) is 0. The lowest BCUT2D eigenvalue weighted by Crippen LogP contribution is -2.19. The highest BCUT2D eigenvalue weighted by molar-refractivity contribution is 6.31. The Labute approximate surface area is 185 Å². The van der Waals surface area contributed by atoms with Gasteiger partial charge in [-0.1, -0.05) is 29.3 Å². The molecule has 0 aliphatic heterocycles. The van der Waals surface area contributed by atoms with Crippen LogP contribution in [0.2, 0.25) is 10.0 Å². The molecular formula is C23H13Cl2NO5. The molecule has 0 aliphatic rings. The summed E-state index contributed by atoms with van der Waals surface area (Å²) in [5.74, 6) is -1.69. The molecular weight excluding hydrogens is 441 g/mol. The molecule has 3 aromatic carbocycles. The molecule has 1 aromatic heterocycles. The number of carboxylic acid groups (broad SMARTS) is 1. The van der Waals surface area contributed by atoms with Gasteiger partial charge in [-0.15, -0.1) is 0 Å². The summed E-state index contributed by atoms with van der Waals surface area (Å²) < 4.78 is 5.79. The first-order valence-corrected chi connectivity index (χ1v) is 9.76. The van der Waals surface area contributed by atoms with Gasteiger partial charge in [0, 0.05) is 26.6 Å². The number of aromatic amines is 1. The Morgan fingerprint density at radius 2 is 1.58 bits per heavy atom. The van der Waals surface area contributed by atoms with E-state index in [0.29, 0.717) is 21.1 Å². The number of nitrogens with one attached hydrogen (secondary N) is 1. The minimum absolute atomic E-state index is 0.181. The van der Waals surface area contributed by atoms with Crippen molar-refractivity contribution in [3.05, 3.63) is 104 Å². The van der Waals surface area contributed by atoms with Crippen molar-refractivity contribution >= 4 is 45.9 Å². The maximum absolute atomic E-state index is 12.9. The van der Waals surface area contributed by atoms with Crippen LogP contribution < -0.4 is 10.3 Å². The Morgan fingerprint density at radius 3 is 2.26 bits per heavy atom. The Balaban J connectivity index is 1.91. The van der Waals surface area contributed by atoms with E-state index in [1.807, 2.05) is 0 Å². The Bertz CT molecular complexity index is 1390. The molecule has 6 nitrogen and oxygen atoms in total. The molecule has 0 saturated heterocycles. The predicted octanol–water partition coefficient (Wildman–Crippen LogP) is 5.56. The summed E-state index contributed by atoms with van der Waals surface area (Å²) in [6.45, 7) is 0. The van der Waals surface area contributed by atoms with Crippen LogP contribution in [0.3, 0.4) is 0 Å². The number of pyridine rings is 1. The zero-order chi connectivity index (χ0) is 22.1. The van der Waals surface area contributed by atoms with E-state index in [-0.39, 0.29) is 28.2 Å². The number of H-pyrrole nitrogens is 1. The van der Waals surface area contributed by atoms with Crippen LogP contribution in [0.1, 0.15) is 26.3 Å². The molecule has 1 heterocycles. The van der Waals surface area contributed by atoms with E-state index < -0.39 is 17.1 Å². The number of carbonyl (C=O) groups excluding carboxylic acids is 1. The lowest BCUT2D eigenvalue weighted by molar-refractivity contribution is 0.0692. The number of hydrogen-bond donors (Lipinski definition) is 2. The molecule has 0 bridgehead atoms. The van der Waals surface area contributed by atoms with Gasteiger partial charge >= 0.3 is 5.97 Å². The van der Waals surface area contributed by atoms with Crippen molar-refractivity contribution in [3.63, 3.8) is 0 Å². The fourth-order valence-electron chi connectivity index (χ4n) is 3.12. The minimum atomic E-state index is -1.46. The summed E-state index contributed by atoms with van der Waals surface area (Å²) in [5, 5.41) is 10.7. The fourth-order valence-corrected chi connectivity index (χ4v) is 3.43. The molecule has 0 saturated carbocycles. The Kier molecular flexibility index (Phi) is 5.50. The molecule has 4 rings (SSSR count). The van der Waals surface area contributed by atoms with Crippen LogP contribution in [-0.4, -0.2) is 21.8 Å². The number of benzene rings is 3. The summed E-state index contributed by atoms with van der Waals surface area (Å²) in [7, 11) is 0. The fraction of sp³-hybridized carbons (Fsp3) is 0. The van der Waals surface area contributed by atoms with Crippen molar-refractivity contribution in [2.45, 2.75) is 0 Å². The SMILES string of the molecule is O=C(c1ccc(Cl)cc1)c1ccc2[nH]c(=O)c(C(=O)O)c(Oc3cccc(Cl)c3)c2c1. The third-order valence-electron chi connectivity index (χ3n) is 4.56. The zero-order valence-electron chi connectivity index (χ0n) is 15.7. The molecule has 154 valence electrons. The summed E-state index contributed by atoms with van der Waals surface area (Å²) in [5.41, 5.74) is -0.393. The number of aromatic carboxylic acids is 1. The van der Waals surface area contributed by atoms with Crippen LogP contribution in [0, 0.1) is 0 Å². The molecule has 31 heavy (non-hydrogen) atoms. The minimum Gasteiger partial charge on any atom is -0.477 e. The number of halogens is 2. The first kappa shape index (κ1) is 20.7. The van der Waals surface area contributed by atoms with Crippen molar-refractivity contribution < 1.29 is 19.4 Å². The molecule has 0 spiro atoms. The van der Waals surface area contributed by atoms with E-state index in [4.69, 9.17) is 27.9 Å². The van der Waals surface area contributed by atoms with E-state index in [9.17, 15) is 19.5 Å². The second kappa shape index (κ2) is 8.26. The highest BCUT2D eigenvalue weighted by atomic mass is 35.5. The van der Waals surface area contributed by atoms with E-state index in [2.05, 4.69) is 4.98 Å². The lowest BCUT2D eigenvalue weighted by Gasteiger charge is -2.13. The van der Waals surface area contributed by atoms with Crippen LogP contribution in [0.4, 0.5) is 0 Å². The third-order valence-corrected chi connectivity index (χ3v) is 5.05. The van der Waals surface area contributed by atoms with Gasteiger partial charge in [0.1, 0.15) is 5.75 Å². The summed E-state index contributed by atoms with van der Waals surface area (Å²) in [6, 6.07) is 17.3. The number of aromatic nitrogens is 1. The zero-order valence-corrected chi connectivity index (χ0v) is 17.2. The number of hydrogen-bond acceptors (Lipinski definition) is 4. The van der Waals surface area contributed by atoms with Crippen molar-refractivity contribution in [1.82, 2.24) is 4.98 Å². The highest BCUT2D eigenvalue weighted by Gasteiger charge is 2.22. The van der Waals surface area contributed by atoms with Gasteiger partial charge in [-0.05, 0) is 60.7 Å². The van der Waals surface area contributed by atoms with Gasteiger partial charge in [0.15, 0.2) is 17.1 Å². The maximum Gasteiger partial charge on any atom is 0.345 e. The van der Waals surface area contributed by atoms with Crippen LogP contribution in [0.5, 0.6) is 11.5 Å². The molecule has 0 fully saturated rings. The number of ether oxygens (including phenoxy) is 1. The van der Waals surface area contributed by atoms with Gasteiger partial charge in [-0.2, -0.15) is 0 Å². The normalized spacial score (nSPS) is 10.8. The first-order chi connectivity index (χ1) is 14.8. The molecule has 8 heteroatoms. The van der Waals surface area contributed by atoms with Crippen LogP contribution in [0.15, 0.2) is 71.5 Å². The number of rotatable bonds is 5. The molecule has 2 N–H and O–H groups in total. The summed E-state index contributed by atoms with van der Waals surface area (Å²) >= 11 is 11.9. The van der Waals surface area contributed by atoms with Gasteiger partial charge in [0.05, 0.1) is 5.52 Å². The van der Waals surface area contributed by atoms with Crippen LogP contribution in [0.25, 0.3) is 10.9 Å². The monoisotopic (exact) mass is 453 g/mol. The van der Waals surface area contributed by atoms with Gasteiger partial charge in [0.2, 0.25) is 0 Å². The Morgan fingerprint density at radius 1 is 0.871 bits per heavy atom. The lowest BCUT2D eigenvalue weighted by atomic mass is 10.0. The predicted molar refractivity (Wildman–Crippen MR) is 118 cm³/mol. The molecule has 0 atom stereocenters. The quantitative estimate of drug-likeness (QED) is 0.385. The van der Waals surface area contributed by atoms with E-state index in [1.165, 1.54) is 18.2 Å².